The lowest BCUT2D eigenvalue weighted by atomic mass is 10.1. The molecule has 0 bridgehead atoms. The van der Waals surface area contributed by atoms with E-state index in [4.69, 9.17) is 17.0 Å². The average Bonchev–Trinajstić information content (AvgIpc) is 2.69. The van der Waals surface area contributed by atoms with Gasteiger partial charge in [0.2, 0.25) is 0 Å². The molecule has 0 spiro atoms. The first kappa shape index (κ1) is 18.0. The Labute approximate surface area is 160 Å². The molecule has 0 heterocycles. The lowest BCUT2D eigenvalue weighted by molar-refractivity contribution is 0.306. The van der Waals surface area contributed by atoms with Crippen molar-refractivity contribution in [3.8, 4) is 5.75 Å². The van der Waals surface area contributed by atoms with E-state index in [1.165, 1.54) is 5.56 Å². The standard InChI is InChI=1S/C22H22N2OS/c1-17(19-10-6-3-7-11-19)23-22(26)24-20-12-14-21(15-13-20)25-16-18-8-4-2-5-9-18/h2-15,17H,16H2,1H3,(H2,23,24,26). The highest BCUT2D eigenvalue weighted by atomic mass is 32.1. The molecule has 0 aliphatic rings. The number of thiocarbonyl (C=S) groups is 1. The number of hydrogen-bond acceptors (Lipinski definition) is 2. The average molecular weight is 362 g/mol. The Morgan fingerprint density at radius 3 is 2.15 bits per heavy atom. The van der Waals surface area contributed by atoms with Gasteiger partial charge in [0.1, 0.15) is 12.4 Å². The van der Waals surface area contributed by atoms with Gasteiger partial charge in [-0.05, 0) is 54.5 Å². The van der Waals surface area contributed by atoms with Crippen LogP contribution in [-0.4, -0.2) is 5.11 Å². The first-order valence-electron chi connectivity index (χ1n) is 8.60. The third-order valence-corrected chi connectivity index (χ3v) is 4.23. The SMILES string of the molecule is CC(NC(=S)Nc1ccc(OCc2ccccc2)cc1)c1ccccc1. The van der Waals surface area contributed by atoms with Crippen LogP contribution >= 0.6 is 12.2 Å². The first-order valence-corrected chi connectivity index (χ1v) is 9.01. The molecule has 1 unspecified atom stereocenters. The number of nitrogens with one attached hydrogen (secondary N) is 2. The van der Waals surface area contributed by atoms with Crippen molar-refractivity contribution in [3.63, 3.8) is 0 Å². The number of ether oxygens (including phenoxy) is 1. The van der Waals surface area contributed by atoms with E-state index < -0.39 is 0 Å². The van der Waals surface area contributed by atoms with Crippen LogP contribution in [-0.2, 0) is 6.61 Å². The van der Waals surface area contributed by atoms with Crippen molar-refractivity contribution in [2.24, 2.45) is 0 Å². The summed E-state index contributed by atoms with van der Waals surface area (Å²) in [6.45, 7) is 2.64. The van der Waals surface area contributed by atoms with E-state index in [2.05, 4.69) is 29.7 Å². The van der Waals surface area contributed by atoms with Gasteiger partial charge in [0, 0.05) is 5.69 Å². The van der Waals surface area contributed by atoms with Crippen LogP contribution < -0.4 is 15.4 Å². The van der Waals surface area contributed by atoms with Crippen molar-refractivity contribution < 1.29 is 4.74 Å². The summed E-state index contributed by atoms with van der Waals surface area (Å²) in [5, 5.41) is 7.10. The minimum atomic E-state index is 0.143. The molecule has 0 aromatic heterocycles. The molecule has 2 N–H and O–H groups in total. The fraction of sp³-hybridized carbons (Fsp3) is 0.136. The number of benzene rings is 3. The fourth-order valence-corrected chi connectivity index (χ4v) is 2.86. The normalized spacial score (nSPS) is 11.4. The Morgan fingerprint density at radius 1 is 0.885 bits per heavy atom. The summed E-state index contributed by atoms with van der Waals surface area (Å²) >= 11 is 5.41. The van der Waals surface area contributed by atoms with E-state index in [1.54, 1.807) is 0 Å². The van der Waals surface area contributed by atoms with Crippen LogP contribution in [0.2, 0.25) is 0 Å². The maximum Gasteiger partial charge on any atom is 0.171 e. The first-order chi connectivity index (χ1) is 12.7. The van der Waals surface area contributed by atoms with Gasteiger partial charge < -0.3 is 15.4 Å². The van der Waals surface area contributed by atoms with Crippen LogP contribution in [0.15, 0.2) is 84.9 Å². The molecule has 0 saturated heterocycles. The molecule has 0 amide bonds. The van der Waals surface area contributed by atoms with E-state index in [-0.39, 0.29) is 6.04 Å². The topological polar surface area (TPSA) is 33.3 Å². The van der Waals surface area contributed by atoms with E-state index in [9.17, 15) is 0 Å². The van der Waals surface area contributed by atoms with Crippen molar-refractivity contribution in [3.05, 3.63) is 96.1 Å². The van der Waals surface area contributed by atoms with Crippen LogP contribution in [0.4, 0.5) is 5.69 Å². The third-order valence-electron chi connectivity index (χ3n) is 4.01. The summed E-state index contributed by atoms with van der Waals surface area (Å²) in [7, 11) is 0. The third kappa shape index (κ3) is 5.33. The Hall–Kier alpha value is -2.85. The molecular weight excluding hydrogens is 340 g/mol. The van der Waals surface area contributed by atoms with Gasteiger partial charge in [-0.2, -0.15) is 0 Å². The lowest BCUT2D eigenvalue weighted by Crippen LogP contribution is -2.30. The molecular formula is C22H22N2OS. The predicted octanol–water partition coefficient (Wildman–Crippen LogP) is 5.31. The minimum Gasteiger partial charge on any atom is -0.489 e. The Morgan fingerprint density at radius 2 is 1.50 bits per heavy atom. The second-order valence-corrected chi connectivity index (χ2v) is 6.44. The fourth-order valence-electron chi connectivity index (χ4n) is 2.56. The summed E-state index contributed by atoms with van der Waals surface area (Å²) < 4.78 is 5.80. The Balaban J connectivity index is 1.50. The van der Waals surface area contributed by atoms with E-state index in [1.807, 2.05) is 72.8 Å². The molecule has 0 fully saturated rings. The Bertz CT molecular complexity index is 820. The van der Waals surface area contributed by atoms with Crippen LogP contribution in [0, 0.1) is 0 Å². The van der Waals surface area contributed by atoms with Gasteiger partial charge in [0.05, 0.1) is 6.04 Å². The van der Waals surface area contributed by atoms with E-state index >= 15 is 0 Å². The summed E-state index contributed by atoms with van der Waals surface area (Å²) in [6.07, 6.45) is 0. The van der Waals surface area contributed by atoms with Crippen molar-refractivity contribution in [2.45, 2.75) is 19.6 Å². The van der Waals surface area contributed by atoms with Crippen LogP contribution in [0.25, 0.3) is 0 Å². The van der Waals surface area contributed by atoms with Crippen molar-refractivity contribution in [2.75, 3.05) is 5.32 Å². The molecule has 0 radical (unpaired) electrons. The molecule has 0 aliphatic carbocycles. The number of anilines is 1. The molecule has 132 valence electrons. The highest BCUT2D eigenvalue weighted by Crippen LogP contribution is 2.18. The number of hydrogen-bond donors (Lipinski definition) is 2. The Kier molecular flexibility index (Phi) is 6.23. The molecule has 4 heteroatoms. The second-order valence-electron chi connectivity index (χ2n) is 6.03. The van der Waals surface area contributed by atoms with E-state index in [0.29, 0.717) is 11.7 Å². The lowest BCUT2D eigenvalue weighted by Gasteiger charge is -2.17. The smallest absolute Gasteiger partial charge is 0.171 e. The molecule has 0 aliphatic heterocycles. The highest BCUT2D eigenvalue weighted by Gasteiger charge is 2.06. The molecule has 3 aromatic rings. The molecule has 0 saturated carbocycles. The molecule has 26 heavy (non-hydrogen) atoms. The summed E-state index contributed by atoms with van der Waals surface area (Å²) in [5.74, 6) is 0.830. The zero-order chi connectivity index (χ0) is 18.2. The van der Waals surface area contributed by atoms with Gasteiger partial charge in [0.25, 0.3) is 0 Å². The maximum absolute atomic E-state index is 5.80. The maximum atomic E-state index is 5.80. The summed E-state index contributed by atoms with van der Waals surface area (Å²) in [6, 6.07) is 28.3. The second kappa shape index (κ2) is 9.02. The monoisotopic (exact) mass is 362 g/mol. The summed E-state index contributed by atoms with van der Waals surface area (Å²) in [5.41, 5.74) is 3.27. The van der Waals surface area contributed by atoms with E-state index in [0.717, 1.165) is 17.0 Å². The molecule has 3 rings (SSSR count). The van der Waals surface area contributed by atoms with Crippen LogP contribution in [0.1, 0.15) is 24.1 Å². The molecule has 3 aromatic carbocycles. The zero-order valence-electron chi connectivity index (χ0n) is 14.7. The van der Waals surface area contributed by atoms with Gasteiger partial charge in [-0.1, -0.05) is 60.7 Å². The van der Waals surface area contributed by atoms with Gasteiger partial charge in [0.15, 0.2) is 5.11 Å². The largest absolute Gasteiger partial charge is 0.489 e. The number of rotatable bonds is 6. The van der Waals surface area contributed by atoms with Crippen molar-refractivity contribution >= 4 is 23.0 Å². The van der Waals surface area contributed by atoms with Gasteiger partial charge in [-0.15, -0.1) is 0 Å². The molecule has 3 nitrogen and oxygen atoms in total. The predicted molar refractivity (Wildman–Crippen MR) is 111 cm³/mol. The van der Waals surface area contributed by atoms with Crippen molar-refractivity contribution in [1.29, 1.82) is 0 Å². The van der Waals surface area contributed by atoms with Gasteiger partial charge in [-0.25, -0.2) is 0 Å². The minimum absolute atomic E-state index is 0.143. The van der Waals surface area contributed by atoms with Gasteiger partial charge >= 0.3 is 0 Å². The van der Waals surface area contributed by atoms with Crippen LogP contribution in [0.3, 0.4) is 0 Å². The zero-order valence-corrected chi connectivity index (χ0v) is 15.5. The quantitative estimate of drug-likeness (QED) is 0.582. The van der Waals surface area contributed by atoms with Crippen molar-refractivity contribution in [1.82, 2.24) is 5.32 Å². The van der Waals surface area contributed by atoms with Gasteiger partial charge in [-0.3, -0.25) is 0 Å². The van der Waals surface area contributed by atoms with Crippen LogP contribution in [0.5, 0.6) is 5.75 Å². The highest BCUT2D eigenvalue weighted by molar-refractivity contribution is 7.80. The summed E-state index contributed by atoms with van der Waals surface area (Å²) in [4.78, 5) is 0. The molecule has 1 atom stereocenters.